The molecule has 2 aromatic rings. The molecule has 30 heavy (non-hydrogen) atoms. The van der Waals surface area contributed by atoms with Crippen LogP contribution in [0, 0.1) is 0 Å². The molecule has 6 nitrogen and oxygen atoms in total. The van der Waals surface area contributed by atoms with Gasteiger partial charge in [0.25, 0.3) is 5.91 Å². The highest BCUT2D eigenvalue weighted by atomic mass is 35.5. The largest absolute Gasteiger partial charge is 0.493 e. The predicted octanol–water partition coefficient (Wildman–Crippen LogP) is 5.24. The van der Waals surface area contributed by atoms with E-state index < -0.39 is 5.91 Å². The van der Waals surface area contributed by atoms with Gasteiger partial charge in [0.15, 0.2) is 11.5 Å². The number of imide groups is 1. The van der Waals surface area contributed by atoms with Crippen molar-refractivity contribution in [2.75, 3.05) is 14.2 Å². The highest BCUT2D eigenvalue weighted by Crippen LogP contribution is 2.34. The molecule has 0 bridgehead atoms. The summed E-state index contributed by atoms with van der Waals surface area (Å²) in [6, 6.07) is 12.2. The second kappa shape index (κ2) is 10.3. The number of benzene rings is 2. The molecule has 3 amide bonds. The van der Waals surface area contributed by atoms with Crippen molar-refractivity contribution in [3.8, 4) is 11.5 Å². The van der Waals surface area contributed by atoms with Gasteiger partial charge < -0.3 is 14.4 Å². The molecule has 0 aromatic heterocycles. The third-order valence-corrected chi connectivity index (χ3v) is 4.96. The van der Waals surface area contributed by atoms with Crippen molar-refractivity contribution >= 4 is 23.5 Å². The average Bonchev–Trinajstić information content (AvgIpc) is 2.71. The van der Waals surface area contributed by atoms with E-state index in [-0.39, 0.29) is 28.7 Å². The molecule has 0 spiro atoms. The lowest BCUT2D eigenvalue weighted by atomic mass is 10.1. The van der Waals surface area contributed by atoms with Crippen molar-refractivity contribution in [1.82, 2.24) is 9.80 Å². The lowest BCUT2D eigenvalue weighted by Gasteiger charge is -2.33. The van der Waals surface area contributed by atoms with Crippen molar-refractivity contribution in [3.63, 3.8) is 0 Å². The molecule has 0 heterocycles. The van der Waals surface area contributed by atoms with Crippen molar-refractivity contribution in [2.45, 2.75) is 46.4 Å². The van der Waals surface area contributed by atoms with Crippen LogP contribution in [0.4, 0.5) is 4.79 Å². The minimum absolute atomic E-state index is 0.0520. The van der Waals surface area contributed by atoms with Crippen molar-refractivity contribution < 1.29 is 19.1 Å². The summed E-state index contributed by atoms with van der Waals surface area (Å²) in [6.45, 7) is 7.94. The Morgan fingerprint density at radius 1 is 1.00 bits per heavy atom. The minimum atomic E-state index is -0.511. The molecular weight excluding hydrogens is 404 g/mol. The molecule has 0 saturated carbocycles. The summed E-state index contributed by atoms with van der Waals surface area (Å²) < 4.78 is 11.2. The van der Waals surface area contributed by atoms with Gasteiger partial charge in [-0.2, -0.15) is 0 Å². The van der Waals surface area contributed by atoms with Gasteiger partial charge in [-0.3, -0.25) is 9.69 Å². The van der Waals surface area contributed by atoms with E-state index in [0.717, 1.165) is 10.5 Å². The molecule has 0 N–H and O–H groups in total. The Hall–Kier alpha value is -2.73. The standard InChI is InChI=1S/C23H29ClN2O4/c1-15(2)26(16(3)4)23(28)25(5)22(27)18-12-21(20(29-6)13-19(18)24)30-14-17-10-8-7-9-11-17/h7-13,15-16H,14H2,1-6H3. The number of urea groups is 1. The SMILES string of the molecule is COc1cc(Cl)c(C(=O)N(C)C(=O)N(C(C)C)C(C)C)cc1OCc1ccccc1. The van der Waals surface area contributed by atoms with Gasteiger partial charge in [0.1, 0.15) is 6.61 Å². The Morgan fingerprint density at radius 3 is 2.13 bits per heavy atom. The number of carbonyl (C=O) groups excluding carboxylic acids is 2. The third-order valence-electron chi connectivity index (χ3n) is 4.65. The Morgan fingerprint density at radius 2 is 1.60 bits per heavy atom. The molecule has 0 saturated heterocycles. The minimum Gasteiger partial charge on any atom is -0.493 e. The van der Waals surface area contributed by atoms with Crippen LogP contribution < -0.4 is 9.47 Å². The van der Waals surface area contributed by atoms with E-state index in [9.17, 15) is 9.59 Å². The zero-order valence-electron chi connectivity index (χ0n) is 18.3. The first-order chi connectivity index (χ1) is 14.2. The van der Waals surface area contributed by atoms with Crippen molar-refractivity contribution in [3.05, 3.63) is 58.6 Å². The normalized spacial score (nSPS) is 10.8. The van der Waals surface area contributed by atoms with Crippen LogP contribution in [0.1, 0.15) is 43.6 Å². The Bertz CT molecular complexity index is 876. The first-order valence-corrected chi connectivity index (χ1v) is 10.2. The lowest BCUT2D eigenvalue weighted by Crippen LogP contribution is -2.50. The van der Waals surface area contributed by atoms with Gasteiger partial charge in [-0.25, -0.2) is 4.79 Å². The summed E-state index contributed by atoms with van der Waals surface area (Å²) >= 11 is 6.34. The summed E-state index contributed by atoms with van der Waals surface area (Å²) in [7, 11) is 2.95. The van der Waals surface area contributed by atoms with Gasteiger partial charge in [-0.1, -0.05) is 41.9 Å². The molecule has 7 heteroatoms. The predicted molar refractivity (Wildman–Crippen MR) is 118 cm³/mol. The van der Waals surface area contributed by atoms with E-state index >= 15 is 0 Å². The van der Waals surface area contributed by atoms with Gasteiger partial charge in [-0.15, -0.1) is 0 Å². The number of ether oxygens (including phenoxy) is 2. The first-order valence-electron chi connectivity index (χ1n) is 9.82. The van der Waals surface area contributed by atoms with Crippen LogP contribution in [0.5, 0.6) is 11.5 Å². The van der Waals surface area contributed by atoms with Gasteiger partial charge >= 0.3 is 6.03 Å². The van der Waals surface area contributed by atoms with E-state index in [2.05, 4.69) is 0 Å². The molecule has 2 aromatic carbocycles. The Balaban J connectivity index is 2.31. The fraction of sp³-hybridized carbons (Fsp3) is 0.391. The van der Waals surface area contributed by atoms with Gasteiger partial charge in [0.05, 0.1) is 17.7 Å². The summed E-state index contributed by atoms with van der Waals surface area (Å²) in [5, 5.41) is 0.184. The quantitative estimate of drug-likeness (QED) is 0.600. The molecule has 162 valence electrons. The number of hydrogen-bond donors (Lipinski definition) is 0. The van der Waals surface area contributed by atoms with Gasteiger partial charge in [0.2, 0.25) is 0 Å². The van der Waals surface area contributed by atoms with E-state index in [4.69, 9.17) is 21.1 Å². The second-order valence-electron chi connectivity index (χ2n) is 7.50. The molecule has 2 rings (SSSR count). The van der Waals surface area contributed by atoms with E-state index in [1.54, 1.807) is 4.90 Å². The summed E-state index contributed by atoms with van der Waals surface area (Å²) in [6.07, 6.45) is 0. The van der Waals surface area contributed by atoms with Crippen LogP contribution in [-0.2, 0) is 6.61 Å². The number of nitrogens with zero attached hydrogens (tertiary/aromatic N) is 2. The van der Waals surface area contributed by atoms with E-state index in [1.807, 2.05) is 58.0 Å². The Kier molecular flexibility index (Phi) is 8.12. The second-order valence-corrected chi connectivity index (χ2v) is 7.91. The van der Waals surface area contributed by atoms with Crippen LogP contribution in [0.15, 0.2) is 42.5 Å². The topological polar surface area (TPSA) is 59.1 Å². The molecule has 0 aliphatic heterocycles. The molecule has 0 atom stereocenters. The molecule has 0 aliphatic rings. The number of amides is 3. The Labute approximate surface area is 183 Å². The number of rotatable bonds is 7. The van der Waals surface area contributed by atoms with Crippen molar-refractivity contribution in [2.24, 2.45) is 0 Å². The van der Waals surface area contributed by atoms with Crippen molar-refractivity contribution in [1.29, 1.82) is 0 Å². The van der Waals surface area contributed by atoms with E-state index in [1.165, 1.54) is 26.3 Å². The molecule has 0 fully saturated rings. The first kappa shape index (κ1) is 23.5. The van der Waals surface area contributed by atoms with Crippen LogP contribution in [-0.4, -0.2) is 48.0 Å². The monoisotopic (exact) mass is 432 g/mol. The summed E-state index contributed by atoms with van der Waals surface area (Å²) in [5.74, 6) is 0.274. The lowest BCUT2D eigenvalue weighted by molar-refractivity contribution is 0.0763. The van der Waals surface area contributed by atoms with Gasteiger partial charge in [0, 0.05) is 25.2 Å². The third kappa shape index (κ3) is 5.45. The number of carbonyl (C=O) groups is 2. The number of halogens is 1. The van der Waals surface area contributed by atoms with E-state index in [0.29, 0.717) is 18.1 Å². The molecule has 0 radical (unpaired) electrons. The summed E-state index contributed by atoms with van der Waals surface area (Å²) in [4.78, 5) is 28.7. The highest BCUT2D eigenvalue weighted by Gasteiger charge is 2.29. The van der Waals surface area contributed by atoms with Crippen LogP contribution >= 0.6 is 11.6 Å². The molecular formula is C23H29ClN2O4. The fourth-order valence-electron chi connectivity index (χ4n) is 3.19. The zero-order chi connectivity index (χ0) is 22.4. The molecule has 0 aliphatic carbocycles. The smallest absolute Gasteiger partial charge is 0.327 e. The summed E-state index contributed by atoms with van der Waals surface area (Å²) in [5.41, 5.74) is 1.14. The average molecular weight is 433 g/mol. The number of hydrogen-bond acceptors (Lipinski definition) is 4. The molecule has 0 unspecified atom stereocenters. The van der Waals surface area contributed by atoms with Crippen LogP contribution in [0.25, 0.3) is 0 Å². The maximum Gasteiger partial charge on any atom is 0.327 e. The maximum absolute atomic E-state index is 13.1. The van der Waals surface area contributed by atoms with Gasteiger partial charge in [-0.05, 0) is 39.3 Å². The maximum atomic E-state index is 13.1. The fourth-order valence-corrected chi connectivity index (χ4v) is 3.42. The number of methoxy groups -OCH3 is 1. The highest BCUT2D eigenvalue weighted by molar-refractivity contribution is 6.34. The zero-order valence-corrected chi connectivity index (χ0v) is 19.1. The van der Waals surface area contributed by atoms with Crippen LogP contribution in [0.3, 0.4) is 0 Å². The van der Waals surface area contributed by atoms with Crippen LogP contribution in [0.2, 0.25) is 5.02 Å².